The molecule has 1 aromatic carbocycles. The van der Waals surface area contributed by atoms with Crippen molar-refractivity contribution in [3.8, 4) is 5.75 Å². The smallest absolute Gasteiger partial charge is 0.354 e. The zero-order valence-corrected chi connectivity index (χ0v) is 13.8. The lowest BCUT2D eigenvalue weighted by Gasteiger charge is -2.08. The summed E-state index contributed by atoms with van der Waals surface area (Å²) < 4.78 is 19.5. The molecule has 0 aliphatic heterocycles. The number of carbonyl (C=O) groups excluding carboxylic acids is 1. The molecule has 2 aromatic rings. The lowest BCUT2D eigenvalue weighted by atomic mass is 10.0. The Morgan fingerprint density at radius 1 is 1.30 bits per heavy atom. The summed E-state index contributed by atoms with van der Waals surface area (Å²) in [6, 6.07) is 5.60. The molecule has 7 heteroatoms. The van der Waals surface area contributed by atoms with Crippen LogP contribution in [0.4, 0.5) is 4.39 Å². The van der Waals surface area contributed by atoms with Gasteiger partial charge in [0, 0.05) is 19.0 Å². The minimum absolute atomic E-state index is 0.000614. The van der Waals surface area contributed by atoms with E-state index in [1.807, 2.05) is 0 Å². The first-order chi connectivity index (χ1) is 10.9. The van der Waals surface area contributed by atoms with Gasteiger partial charge in [0.15, 0.2) is 0 Å². The Bertz CT molecular complexity index is 764. The molecule has 0 aliphatic rings. The van der Waals surface area contributed by atoms with E-state index >= 15 is 0 Å². The molecule has 1 heterocycles. The fourth-order valence-corrected chi connectivity index (χ4v) is 2.54. The number of hydrogen-bond donors (Lipinski definition) is 1. The fraction of sp³-hybridized carbons (Fsp3) is 0.188. The first kappa shape index (κ1) is 17.1. The molecule has 2 rings (SSSR count). The SMILES string of the molecule is COc1cc(CC(=O)Cc2ccnc(C(=O)O)c2)c(F)cc1Br. The Morgan fingerprint density at radius 2 is 2.04 bits per heavy atom. The summed E-state index contributed by atoms with van der Waals surface area (Å²) >= 11 is 3.17. The van der Waals surface area contributed by atoms with Crippen LogP contribution in [0.5, 0.6) is 5.75 Å². The Hall–Kier alpha value is -2.28. The molecule has 5 nitrogen and oxygen atoms in total. The number of Topliss-reactive ketones (excluding diaryl/α,β-unsaturated/α-hetero) is 1. The second-order valence-corrected chi connectivity index (χ2v) is 5.68. The largest absolute Gasteiger partial charge is 0.496 e. The minimum atomic E-state index is -1.16. The highest BCUT2D eigenvalue weighted by molar-refractivity contribution is 9.10. The Morgan fingerprint density at radius 3 is 2.70 bits per heavy atom. The molecule has 120 valence electrons. The Kier molecular flexibility index (Phi) is 5.44. The molecular formula is C16H13BrFNO4. The molecule has 0 saturated heterocycles. The standard InChI is InChI=1S/C16H13BrFNO4/c1-23-15-7-10(13(18)8-12(15)17)6-11(20)4-9-2-3-19-14(5-9)16(21)22/h2-3,5,7-8H,4,6H2,1H3,(H,21,22). The van der Waals surface area contributed by atoms with E-state index in [4.69, 9.17) is 9.84 Å². The van der Waals surface area contributed by atoms with E-state index in [1.54, 1.807) is 6.07 Å². The number of nitrogens with zero attached hydrogens (tertiary/aromatic N) is 1. The summed E-state index contributed by atoms with van der Waals surface area (Å²) in [4.78, 5) is 26.7. The van der Waals surface area contributed by atoms with Crippen LogP contribution in [0.15, 0.2) is 34.9 Å². The van der Waals surface area contributed by atoms with Crippen molar-refractivity contribution >= 4 is 27.7 Å². The summed E-state index contributed by atoms with van der Waals surface area (Å²) in [6.07, 6.45) is 1.22. The normalized spacial score (nSPS) is 10.4. The average Bonchev–Trinajstić information content (AvgIpc) is 2.50. The number of hydrogen-bond acceptors (Lipinski definition) is 4. The lowest BCUT2D eigenvalue weighted by molar-refractivity contribution is -0.117. The predicted octanol–water partition coefficient (Wildman–Crippen LogP) is 3.04. The lowest BCUT2D eigenvalue weighted by Crippen LogP contribution is -2.09. The van der Waals surface area contributed by atoms with Crippen molar-refractivity contribution in [2.75, 3.05) is 7.11 Å². The number of pyridine rings is 1. The van der Waals surface area contributed by atoms with Gasteiger partial charge in [-0.2, -0.15) is 0 Å². The topological polar surface area (TPSA) is 76.5 Å². The fourth-order valence-electron chi connectivity index (χ4n) is 2.07. The quantitative estimate of drug-likeness (QED) is 0.831. The second-order valence-electron chi connectivity index (χ2n) is 4.82. The number of ether oxygens (including phenoxy) is 1. The van der Waals surface area contributed by atoms with E-state index in [2.05, 4.69) is 20.9 Å². The van der Waals surface area contributed by atoms with Crippen molar-refractivity contribution in [1.29, 1.82) is 0 Å². The van der Waals surface area contributed by atoms with E-state index < -0.39 is 11.8 Å². The third-order valence-electron chi connectivity index (χ3n) is 3.15. The van der Waals surface area contributed by atoms with Crippen LogP contribution in [0.2, 0.25) is 0 Å². The molecule has 0 saturated carbocycles. The number of ketones is 1. The van der Waals surface area contributed by atoms with Gasteiger partial charge in [0.05, 0.1) is 11.6 Å². The number of methoxy groups -OCH3 is 1. The van der Waals surface area contributed by atoms with Crippen LogP contribution in [0, 0.1) is 5.82 Å². The number of carbonyl (C=O) groups is 2. The summed E-state index contributed by atoms with van der Waals surface area (Å²) in [5.74, 6) is -1.47. The van der Waals surface area contributed by atoms with Crippen LogP contribution in [0.3, 0.4) is 0 Å². The molecule has 0 atom stereocenters. The van der Waals surface area contributed by atoms with E-state index in [9.17, 15) is 14.0 Å². The minimum Gasteiger partial charge on any atom is -0.496 e. The van der Waals surface area contributed by atoms with Crippen LogP contribution >= 0.6 is 15.9 Å². The number of halogens is 2. The second kappa shape index (κ2) is 7.32. The summed E-state index contributed by atoms with van der Waals surface area (Å²) in [7, 11) is 1.45. The van der Waals surface area contributed by atoms with Crippen molar-refractivity contribution < 1.29 is 23.8 Å². The summed E-state index contributed by atoms with van der Waals surface area (Å²) in [5, 5.41) is 8.88. The highest BCUT2D eigenvalue weighted by Gasteiger charge is 2.14. The van der Waals surface area contributed by atoms with Gasteiger partial charge in [-0.25, -0.2) is 14.2 Å². The highest BCUT2D eigenvalue weighted by Crippen LogP contribution is 2.28. The number of carboxylic acid groups (broad SMARTS) is 1. The predicted molar refractivity (Wildman–Crippen MR) is 84.3 cm³/mol. The maximum Gasteiger partial charge on any atom is 0.354 e. The average molecular weight is 382 g/mol. The Balaban J connectivity index is 2.14. The van der Waals surface area contributed by atoms with Gasteiger partial charge >= 0.3 is 5.97 Å². The molecular weight excluding hydrogens is 369 g/mol. The van der Waals surface area contributed by atoms with Gasteiger partial charge in [0.2, 0.25) is 0 Å². The summed E-state index contributed by atoms with van der Waals surface area (Å²) in [5.41, 5.74) is 0.612. The van der Waals surface area contributed by atoms with Gasteiger partial charge < -0.3 is 9.84 Å². The van der Waals surface area contributed by atoms with E-state index in [0.29, 0.717) is 15.8 Å². The van der Waals surface area contributed by atoms with Gasteiger partial charge in [0.25, 0.3) is 0 Å². The Labute approximate surface area is 140 Å². The first-order valence-corrected chi connectivity index (χ1v) is 7.42. The highest BCUT2D eigenvalue weighted by atomic mass is 79.9. The monoisotopic (exact) mass is 381 g/mol. The number of carboxylic acids is 1. The zero-order chi connectivity index (χ0) is 17.0. The zero-order valence-electron chi connectivity index (χ0n) is 12.2. The van der Waals surface area contributed by atoms with Crippen LogP contribution in [-0.2, 0) is 17.6 Å². The van der Waals surface area contributed by atoms with Gasteiger partial charge in [-0.15, -0.1) is 0 Å². The van der Waals surface area contributed by atoms with Crippen LogP contribution in [0.1, 0.15) is 21.6 Å². The van der Waals surface area contributed by atoms with Gasteiger partial charge in [-0.3, -0.25) is 4.79 Å². The number of aromatic nitrogens is 1. The first-order valence-electron chi connectivity index (χ1n) is 6.62. The van der Waals surface area contributed by atoms with E-state index in [-0.39, 0.29) is 29.9 Å². The molecule has 23 heavy (non-hydrogen) atoms. The van der Waals surface area contributed by atoms with Gasteiger partial charge in [-0.05, 0) is 51.3 Å². The number of benzene rings is 1. The van der Waals surface area contributed by atoms with Crippen molar-refractivity contribution in [3.05, 3.63) is 57.6 Å². The molecule has 0 amide bonds. The molecule has 0 aliphatic carbocycles. The maximum absolute atomic E-state index is 13.9. The van der Waals surface area contributed by atoms with Crippen molar-refractivity contribution in [2.45, 2.75) is 12.8 Å². The van der Waals surface area contributed by atoms with Crippen molar-refractivity contribution in [3.63, 3.8) is 0 Å². The van der Waals surface area contributed by atoms with Crippen LogP contribution in [0.25, 0.3) is 0 Å². The molecule has 1 aromatic heterocycles. The molecule has 0 spiro atoms. The molecule has 0 fully saturated rings. The summed E-state index contributed by atoms with van der Waals surface area (Å²) in [6.45, 7) is 0. The third kappa shape index (κ3) is 4.35. The molecule has 0 radical (unpaired) electrons. The molecule has 0 unspecified atom stereocenters. The molecule has 0 bridgehead atoms. The molecule has 1 N–H and O–H groups in total. The van der Waals surface area contributed by atoms with Crippen molar-refractivity contribution in [2.24, 2.45) is 0 Å². The number of rotatable bonds is 6. The van der Waals surface area contributed by atoms with Crippen LogP contribution in [-0.4, -0.2) is 29.0 Å². The van der Waals surface area contributed by atoms with Gasteiger partial charge in [-0.1, -0.05) is 0 Å². The number of aromatic carboxylic acids is 1. The third-order valence-corrected chi connectivity index (χ3v) is 3.77. The van der Waals surface area contributed by atoms with Crippen LogP contribution < -0.4 is 4.74 Å². The van der Waals surface area contributed by atoms with E-state index in [0.717, 1.165) is 0 Å². The van der Waals surface area contributed by atoms with E-state index in [1.165, 1.54) is 31.5 Å². The van der Waals surface area contributed by atoms with Crippen molar-refractivity contribution in [1.82, 2.24) is 4.98 Å². The van der Waals surface area contributed by atoms with Gasteiger partial charge in [0.1, 0.15) is 23.0 Å². The maximum atomic E-state index is 13.9.